The van der Waals surface area contributed by atoms with Crippen molar-refractivity contribution < 1.29 is 0 Å². The van der Waals surface area contributed by atoms with Crippen molar-refractivity contribution in [2.45, 2.75) is 32.4 Å². The van der Waals surface area contributed by atoms with Crippen molar-refractivity contribution in [2.75, 3.05) is 19.6 Å². The lowest BCUT2D eigenvalue weighted by Gasteiger charge is -2.39. The SMILES string of the molecule is CC1CNCC(C)N1CCc1ccncc1. The summed E-state index contributed by atoms with van der Waals surface area (Å²) in [6.07, 6.45) is 4.87. The largest absolute Gasteiger partial charge is 0.314 e. The van der Waals surface area contributed by atoms with E-state index < -0.39 is 0 Å². The molecule has 1 aromatic heterocycles. The summed E-state index contributed by atoms with van der Waals surface area (Å²) < 4.78 is 0. The van der Waals surface area contributed by atoms with Crippen molar-refractivity contribution in [3.63, 3.8) is 0 Å². The van der Waals surface area contributed by atoms with Crippen molar-refractivity contribution in [3.05, 3.63) is 30.1 Å². The smallest absolute Gasteiger partial charge is 0.0270 e. The molecule has 2 unspecified atom stereocenters. The van der Waals surface area contributed by atoms with E-state index in [1.807, 2.05) is 12.4 Å². The molecule has 0 spiro atoms. The summed E-state index contributed by atoms with van der Waals surface area (Å²) in [5, 5.41) is 3.46. The monoisotopic (exact) mass is 219 g/mol. The van der Waals surface area contributed by atoms with Gasteiger partial charge < -0.3 is 5.32 Å². The Bertz CT molecular complexity index is 302. The second kappa shape index (κ2) is 5.41. The van der Waals surface area contributed by atoms with Gasteiger partial charge >= 0.3 is 0 Å². The van der Waals surface area contributed by atoms with Gasteiger partial charge in [0.05, 0.1) is 0 Å². The van der Waals surface area contributed by atoms with Gasteiger partial charge in [-0.05, 0) is 38.0 Å². The molecule has 1 N–H and O–H groups in total. The molecule has 1 aliphatic rings. The van der Waals surface area contributed by atoms with Gasteiger partial charge in [0.2, 0.25) is 0 Å². The van der Waals surface area contributed by atoms with Crippen LogP contribution in [0, 0.1) is 0 Å². The van der Waals surface area contributed by atoms with Gasteiger partial charge in [-0.25, -0.2) is 0 Å². The zero-order chi connectivity index (χ0) is 11.4. The van der Waals surface area contributed by atoms with E-state index in [9.17, 15) is 0 Å². The fourth-order valence-electron chi connectivity index (χ4n) is 2.42. The van der Waals surface area contributed by atoms with E-state index in [2.05, 4.69) is 41.2 Å². The van der Waals surface area contributed by atoms with Crippen LogP contribution in [0.5, 0.6) is 0 Å². The van der Waals surface area contributed by atoms with E-state index in [4.69, 9.17) is 0 Å². The van der Waals surface area contributed by atoms with E-state index in [1.54, 1.807) is 0 Å². The maximum Gasteiger partial charge on any atom is 0.0270 e. The van der Waals surface area contributed by atoms with Crippen LogP contribution in [0.3, 0.4) is 0 Å². The van der Waals surface area contributed by atoms with E-state index in [0.717, 1.165) is 26.1 Å². The van der Waals surface area contributed by atoms with Crippen LogP contribution in [0.1, 0.15) is 19.4 Å². The number of aromatic nitrogens is 1. The van der Waals surface area contributed by atoms with Gasteiger partial charge in [0.1, 0.15) is 0 Å². The molecule has 2 atom stereocenters. The highest BCUT2D eigenvalue weighted by Gasteiger charge is 2.23. The Balaban J connectivity index is 1.89. The fraction of sp³-hybridized carbons (Fsp3) is 0.615. The molecular formula is C13H21N3. The van der Waals surface area contributed by atoms with Crippen molar-refractivity contribution >= 4 is 0 Å². The van der Waals surface area contributed by atoms with Crippen LogP contribution in [-0.4, -0.2) is 41.6 Å². The Morgan fingerprint density at radius 1 is 1.25 bits per heavy atom. The lowest BCUT2D eigenvalue weighted by molar-refractivity contribution is 0.118. The quantitative estimate of drug-likeness (QED) is 0.830. The van der Waals surface area contributed by atoms with Crippen LogP contribution in [0.25, 0.3) is 0 Å². The van der Waals surface area contributed by atoms with Crippen LogP contribution in [0.4, 0.5) is 0 Å². The number of hydrogen-bond donors (Lipinski definition) is 1. The second-order valence-electron chi connectivity index (χ2n) is 4.70. The maximum atomic E-state index is 4.05. The molecule has 16 heavy (non-hydrogen) atoms. The van der Waals surface area contributed by atoms with Crippen molar-refractivity contribution in [3.8, 4) is 0 Å². The van der Waals surface area contributed by atoms with Gasteiger partial charge in [-0.15, -0.1) is 0 Å². The first-order valence-corrected chi connectivity index (χ1v) is 6.12. The second-order valence-corrected chi connectivity index (χ2v) is 4.70. The van der Waals surface area contributed by atoms with Gasteiger partial charge in [-0.3, -0.25) is 9.88 Å². The number of pyridine rings is 1. The minimum absolute atomic E-state index is 0.644. The molecular weight excluding hydrogens is 198 g/mol. The summed E-state index contributed by atoms with van der Waals surface area (Å²) in [5.74, 6) is 0. The molecule has 2 heterocycles. The van der Waals surface area contributed by atoms with E-state index >= 15 is 0 Å². The first kappa shape index (κ1) is 11.6. The highest BCUT2D eigenvalue weighted by Crippen LogP contribution is 2.10. The topological polar surface area (TPSA) is 28.2 Å². The standard InChI is InChI=1S/C13H21N3/c1-11-9-15-10-12(2)16(11)8-5-13-3-6-14-7-4-13/h3-4,6-7,11-12,15H,5,8-10H2,1-2H3. The molecule has 1 fully saturated rings. The molecule has 0 radical (unpaired) electrons. The van der Waals surface area contributed by atoms with Gasteiger partial charge in [0.25, 0.3) is 0 Å². The normalized spacial score (nSPS) is 26.9. The van der Waals surface area contributed by atoms with E-state index in [0.29, 0.717) is 12.1 Å². The zero-order valence-corrected chi connectivity index (χ0v) is 10.2. The predicted octanol–water partition coefficient (Wildman–Crippen LogP) is 1.31. The van der Waals surface area contributed by atoms with Gasteiger partial charge in [-0.1, -0.05) is 0 Å². The Hall–Kier alpha value is -0.930. The molecule has 0 aromatic carbocycles. The molecule has 0 saturated carbocycles. The molecule has 1 saturated heterocycles. The Morgan fingerprint density at radius 2 is 1.88 bits per heavy atom. The number of nitrogens with zero attached hydrogens (tertiary/aromatic N) is 2. The summed E-state index contributed by atoms with van der Waals surface area (Å²) in [6.45, 7) is 7.97. The fourth-order valence-corrected chi connectivity index (χ4v) is 2.42. The third-order valence-electron chi connectivity index (χ3n) is 3.42. The van der Waals surface area contributed by atoms with Crippen LogP contribution in [-0.2, 0) is 6.42 Å². The van der Waals surface area contributed by atoms with Crippen molar-refractivity contribution in [2.24, 2.45) is 0 Å². The predicted molar refractivity (Wildman–Crippen MR) is 66.4 cm³/mol. The molecule has 0 bridgehead atoms. The van der Waals surface area contributed by atoms with Crippen LogP contribution in [0.15, 0.2) is 24.5 Å². The minimum atomic E-state index is 0.644. The summed E-state index contributed by atoms with van der Waals surface area (Å²) in [6, 6.07) is 5.51. The lowest BCUT2D eigenvalue weighted by Crippen LogP contribution is -2.55. The summed E-state index contributed by atoms with van der Waals surface area (Å²) in [4.78, 5) is 6.64. The molecule has 3 nitrogen and oxygen atoms in total. The van der Waals surface area contributed by atoms with Gasteiger partial charge in [0, 0.05) is 44.1 Å². The summed E-state index contributed by atoms with van der Waals surface area (Å²) in [7, 11) is 0. The average Bonchev–Trinajstić information content (AvgIpc) is 2.30. The first-order valence-electron chi connectivity index (χ1n) is 6.12. The van der Waals surface area contributed by atoms with E-state index in [1.165, 1.54) is 5.56 Å². The van der Waals surface area contributed by atoms with Crippen LogP contribution >= 0.6 is 0 Å². The maximum absolute atomic E-state index is 4.05. The molecule has 2 rings (SSSR count). The van der Waals surface area contributed by atoms with Crippen LogP contribution < -0.4 is 5.32 Å². The third kappa shape index (κ3) is 2.80. The van der Waals surface area contributed by atoms with Crippen molar-refractivity contribution in [1.82, 2.24) is 15.2 Å². The number of rotatable bonds is 3. The average molecular weight is 219 g/mol. The molecule has 3 heteroatoms. The van der Waals surface area contributed by atoms with Crippen LogP contribution in [0.2, 0.25) is 0 Å². The van der Waals surface area contributed by atoms with Gasteiger partial charge in [-0.2, -0.15) is 0 Å². The summed E-state index contributed by atoms with van der Waals surface area (Å²) >= 11 is 0. The molecule has 0 aliphatic carbocycles. The lowest BCUT2D eigenvalue weighted by atomic mass is 10.1. The van der Waals surface area contributed by atoms with E-state index in [-0.39, 0.29) is 0 Å². The number of piperazine rings is 1. The van der Waals surface area contributed by atoms with Crippen molar-refractivity contribution in [1.29, 1.82) is 0 Å². The highest BCUT2D eigenvalue weighted by atomic mass is 15.2. The highest BCUT2D eigenvalue weighted by molar-refractivity contribution is 5.10. The number of hydrogen-bond acceptors (Lipinski definition) is 3. The molecule has 1 aromatic rings. The molecule has 1 aliphatic heterocycles. The summed E-state index contributed by atoms with van der Waals surface area (Å²) in [5.41, 5.74) is 1.38. The zero-order valence-electron chi connectivity index (χ0n) is 10.2. The first-order chi connectivity index (χ1) is 7.77. The number of nitrogens with one attached hydrogen (secondary N) is 1. The Kier molecular flexibility index (Phi) is 3.91. The minimum Gasteiger partial charge on any atom is -0.314 e. The Morgan fingerprint density at radius 3 is 2.50 bits per heavy atom. The third-order valence-corrected chi connectivity index (χ3v) is 3.42. The Labute approximate surface area is 97.9 Å². The van der Waals surface area contributed by atoms with Gasteiger partial charge in [0.15, 0.2) is 0 Å². The molecule has 88 valence electrons. The molecule has 0 amide bonds.